The van der Waals surface area contributed by atoms with Crippen molar-refractivity contribution in [1.82, 2.24) is 0 Å². The molecule has 1 saturated carbocycles. The Morgan fingerprint density at radius 2 is 1.62 bits per heavy atom. The van der Waals surface area contributed by atoms with Crippen molar-refractivity contribution in [2.75, 3.05) is 16.8 Å². The van der Waals surface area contributed by atoms with E-state index in [0.29, 0.717) is 12.8 Å². The summed E-state index contributed by atoms with van der Waals surface area (Å²) < 4.78 is 44.1. The molecule has 7 nitrogen and oxygen atoms in total. The fraction of sp³-hybridized carbons (Fsp3) is 0.333. The quantitative estimate of drug-likeness (QED) is 0.519. The molecule has 0 spiro atoms. The molecule has 2 aromatic carbocycles. The highest BCUT2D eigenvalue weighted by atomic mass is 19.4. The van der Waals surface area contributed by atoms with Gasteiger partial charge in [0.15, 0.2) is 6.61 Å². The third-order valence-corrected chi connectivity index (χ3v) is 6.02. The summed E-state index contributed by atoms with van der Waals surface area (Å²) in [6.45, 7) is -0.818. The molecule has 3 amide bonds. The number of rotatable bonds is 5. The highest BCUT2D eigenvalue weighted by Gasteiger charge is 2.48. The zero-order chi connectivity index (χ0) is 24.5. The predicted octanol–water partition coefficient (Wildman–Crippen LogP) is 4.18. The summed E-state index contributed by atoms with van der Waals surface area (Å²) in [7, 11) is 0. The largest absolute Gasteiger partial charge is 0.452 e. The van der Waals surface area contributed by atoms with Gasteiger partial charge in [0.25, 0.3) is 5.91 Å². The van der Waals surface area contributed by atoms with Crippen molar-refractivity contribution >= 4 is 35.1 Å². The molecule has 2 aliphatic rings. The Labute approximate surface area is 192 Å². The van der Waals surface area contributed by atoms with Crippen molar-refractivity contribution in [2.45, 2.75) is 31.9 Å². The van der Waals surface area contributed by atoms with Crippen LogP contribution in [0.5, 0.6) is 0 Å². The minimum atomic E-state index is -4.66. The number of carbonyl (C=O) groups is 4. The van der Waals surface area contributed by atoms with E-state index in [1.807, 2.05) is 0 Å². The number of amides is 3. The van der Waals surface area contributed by atoms with E-state index in [0.717, 1.165) is 29.9 Å². The molecule has 178 valence electrons. The lowest BCUT2D eigenvalue weighted by Gasteiger charge is -2.19. The number of hydrogen-bond donors (Lipinski definition) is 1. The summed E-state index contributed by atoms with van der Waals surface area (Å²) in [5.74, 6) is -3.14. The molecule has 0 radical (unpaired) electrons. The summed E-state index contributed by atoms with van der Waals surface area (Å²) in [4.78, 5) is 51.2. The van der Waals surface area contributed by atoms with Crippen molar-refractivity contribution in [3.8, 4) is 0 Å². The molecule has 1 N–H and O–H groups in total. The smallest absolute Gasteiger partial charge is 0.418 e. The first-order valence-electron chi connectivity index (χ1n) is 10.8. The average molecular weight is 474 g/mol. The summed E-state index contributed by atoms with van der Waals surface area (Å²) in [6, 6.07) is 10.2. The Kier molecular flexibility index (Phi) is 6.41. The van der Waals surface area contributed by atoms with Gasteiger partial charge in [0, 0.05) is 0 Å². The van der Waals surface area contributed by atoms with E-state index in [4.69, 9.17) is 4.74 Å². The van der Waals surface area contributed by atoms with Crippen molar-refractivity contribution in [3.05, 3.63) is 59.7 Å². The molecule has 4 rings (SSSR count). The molecule has 1 aliphatic carbocycles. The molecular formula is C24H21F3N2O5. The number of nitrogens with zero attached hydrogens (tertiary/aromatic N) is 1. The van der Waals surface area contributed by atoms with Crippen molar-refractivity contribution in [1.29, 1.82) is 0 Å². The molecule has 2 atom stereocenters. The molecule has 2 fully saturated rings. The Bertz CT molecular complexity index is 1120. The van der Waals surface area contributed by atoms with Crippen LogP contribution in [-0.4, -0.2) is 30.3 Å². The number of esters is 1. The van der Waals surface area contributed by atoms with Crippen molar-refractivity contribution in [3.63, 3.8) is 0 Å². The van der Waals surface area contributed by atoms with Gasteiger partial charge in [0.1, 0.15) is 0 Å². The predicted molar refractivity (Wildman–Crippen MR) is 115 cm³/mol. The van der Waals surface area contributed by atoms with Gasteiger partial charge < -0.3 is 10.1 Å². The summed E-state index contributed by atoms with van der Waals surface area (Å²) in [5, 5.41) is 2.09. The van der Waals surface area contributed by atoms with E-state index in [9.17, 15) is 32.3 Å². The number of benzene rings is 2. The fourth-order valence-corrected chi connectivity index (χ4v) is 4.43. The zero-order valence-electron chi connectivity index (χ0n) is 17.9. The molecule has 0 unspecified atom stereocenters. The van der Waals surface area contributed by atoms with Crippen LogP contribution in [0.3, 0.4) is 0 Å². The first-order valence-corrected chi connectivity index (χ1v) is 10.8. The second kappa shape index (κ2) is 9.28. The van der Waals surface area contributed by atoms with Crippen LogP contribution in [0.2, 0.25) is 0 Å². The zero-order valence-corrected chi connectivity index (χ0v) is 17.9. The first-order chi connectivity index (χ1) is 16.2. The Balaban J connectivity index is 1.41. The Morgan fingerprint density at radius 1 is 0.971 bits per heavy atom. The Hall–Kier alpha value is -3.69. The van der Waals surface area contributed by atoms with Crippen LogP contribution < -0.4 is 10.2 Å². The maximum atomic E-state index is 13.1. The van der Waals surface area contributed by atoms with Gasteiger partial charge in [-0.15, -0.1) is 0 Å². The van der Waals surface area contributed by atoms with Crippen LogP contribution in [0.1, 0.15) is 41.6 Å². The molecule has 1 saturated heterocycles. The number of alkyl halides is 3. The molecule has 2 aromatic rings. The van der Waals surface area contributed by atoms with E-state index in [1.165, 1.54) is 36.4 Å². The monoisotopic (exact) mass is 474 g/mol. The number of anilines is 2. The average Bonchev–Trinajstić information content (AvgIpc) is 3.07. The molecule has 0 bridgehead atoms. The maximum absolute atomic E-state index is 13.1. The van der Waals surface area contributed by atoms with E-state index >= 15 is 0 Å². The van der Waals surface area contributed by atoms with E-state index < -0.39 is 35.9 Å². The van der Waals surface area contributed by atoms with Crippen LogP contribution in [0.15, 0.2) is 48.5 Å². The lowest BCUT2D eigenvalue weighted by atomic mass is 9.81. The summed E-state index contributed by atoms with van der Waals surface area (Å²) >= 11 is 0. The molecular weight excluding hydrogens is 453 g/mol. The van der Waals surface area contributed by atoms with Gasteiger partial charge >= 0.3 is 12.1 Å². The van der Waals surface area contributed by atoms with E-state index in [-0.39, 0.29) is 34.9 Å². The highest BCUT2D eigenvalue weighted by Crippen LogP contribution is 2.40. The SMILES string of the molecule is O=C(COC(=O)c1cccc(N2C(=O)[C@H]3CCCC[C@@H]3C2=O)c1)Nc1ccccc1C(F)(F)F. The number of carbonyl (C=O) groups excluding carboxylic acids is 4. The second-order valence-electron chi connectivity index (χ2n) is 8.23. The van der Waals surface area contributed by atoms with Gasteiger partial charge in [-0.3, -0.25) is 19.3 Å². The van der Waals surface area contributed by atoms with Crippen LogP contribution >= 0.6 is 0 Å². The summed E-state index contributed by atoms with van der Waals surface area (Å²) in [5.41, 5.74) is -1.24. The second-order valence-corrected chi connectivity index (χ2v) is 8.23. The normalized spacial score (nSPS) is 20.1. The molecule has 1 aliphatic heterocycles. The van der Waals surface area contributed by atoms with E-state index in [1.54, 1.807) is 0 Å². The lowest BCUT2D eigenvalue weighted by Crippen LogP contribution is -2.31. The standard InChI is InChI=1S/C24H21F3N2O5/c25-24(26,27)18-10-3-4-11-19(18)28-20(30)13-34-23(33)14-6-5-7-15(12-14)29-21(31)16-8-1-2-9-17(16)22(29)32/h3-7,10-12,16-17H,1-2,8-9,13H2,(H,28,30)/t16-,17-/m0/s1. The van der Waals surface area contributed by atoms with Crippen LogP contribution in [-0.2, 0) is 25.3 Å². The fourth-order valence-electron chi connectivity index (χ4n) is 4.43. The van der Waals surface area contributed by atoms with Gasteiger partial charge in [-0.05, 0) is 43.2 Å². The van der Waals surface area contributed by atoms with Crippen LogP contribution in [0.4, 0.5) is 24.5 Å². The maximum Gasteiger partial charge on any atom is 0.418 e. The number of nitrogens with one attached hydrogen (secondary N) is 1. The Morgan fingerprint density at radius 3 is 2.26 bits per heavy atom. The topological polar surface area (TPSA) is 92.8 Å². The van der Waals surface area contributed by atoms with Crippen LogP contribution in [0, 0.1) is 11.8 Å². The third kappa shape index (κ3) is 4.66. The molecule has 1 heterocycles. The third-order valence-electron chi connectivity index (χ3n) is 6.02. The highest BCUT2D eigenvalue weighted by molar-refractivity contribution is 6.22. The number of ether oxygens (including phenoxy) is 1. The minimum Gasteiger partial charge on any atom is -0.452 e. The number of hydrogen-bond acceptors (Lipinski definition) is 5. The number of imide groups is 1. The summed E-state index contributed by atoms with van der Waals surface area (Å²) in [6.07, 6.45) is -1.59. The number of halogens is 3. The molecule has 0 aromatic heterocycles. The van der Waals surface area contributed by atoms with Gasteiger partial charge in [0.2, 0.25) is 11.8 Å². The molecule has 10 heteroatoms. The van der Waals surface area contributed by atoms with Gasteiger partial charge in [-0.25, -0.2) is 4.79 Å². The first kappa shape index (κ1) is 23.5. The van der Waals surface area contributed by atoms with Gasteiger partial charge in [-0.1, -0.05) is 31.0 Å². The van der Waals surface area contributed by atoms with Gasteiger partial charge in [0.05, 0.1) is 34.3 Å². The lowest BCUT2D eigenvalue weighted by molar-refractivity contribution is -0.137. The van der Waals surface area contributed by atoms with Crippen molar-refractivity contribution < 1.29 is 37.1 Å². The van der Waals surface area contributed by atoms with Gasteiger partial charge in [-0.2, -0.15) is 13.2 Å². The number of para-hydroxylation sites is 1. The molecule has 34 heavy (non-hydrogen) atoms. The van der Waals surface area contributed by atoms with E-state index in [2.05, 4.69) is 5.32 Å². The number of fused-ring (bicyclic) bond motifs is 1. The van der Waals surface area contributed by atoms with Crippen molar-refractivity contribution in [2.24, 2.45) is 11.8 Å². The minimum absolute atomic E-state index is 0.00327. The van der Waals surface area contributed by atoms with Crippen LogP contribution in [0.25, 0.3) is 0 Å².